The number of hydrogen-bond donors (Lipinski definition) is 1. The summed E-state index contributed by atoms with van der Waals surface area (Å²) in [5, 5.41) is 4.48. The van der Waals surface area contributed by atoms with Gasteiger partial charge in [-0.25, -0.2) is 0 Å². The van der Waals surface area contributed by atoms with Crippen LogP contribution in [0.25, 0.3) is 10.9 Å². The summed E-state index contributed by atoms with van der Waals surface area (Å²) < 4.78 is 8.00. The molecule has 3 heterocycles. The number of carbonyl (C=O) groups excluding carboxylic acids is 1. The third-order valence-corrected chi connectivity index (χ3v) is 5.76. The molecule has 1 aliphatic heterocycles. The van der Waals surface area contributed by atoms with Gasteiger partial charge in [0.25, 0.3) is 5.91 Å². The molecule has 6 heteroatoms. The van der Waals surface area contributed by atoms with Crippen molar-refractivity contribution in [1.29, 1.82) is 0 Å². The molecule has 2 aromatic heterocycles. The Labute approximate surface area is 170 Å². The molecule has 1 atom stereocenters. The monoisotopic (exact) mass is 390 g/mol. The van der Waals surface area contributed by atoms with E-state index in [1.165, 1.54) is 16.5 Å². The molecule has 6 nitrogen and oxygen atoms in total. The van der Waals surface area contributed by atoms with E-state index in [-0.39, 0.29) is 12.0 Å². The van der Waals surface area contributed by atoms with Crippen molar-refractivity contribution in [3.8, 4) is 0 Å². The third kappa shape index (κ3) is 3.91. The van der Waals surface area contributed by atoms with Crippen LogP contribution in [0, 0.1) is 0 Å². The third-order valence-electron chi connectivity index (χ3n) is 5.76. The molecule has 1 saturated heterocycles. The molecule has 1 saturated carbocycles. The molecule has 2 aliphatic rings. The first-order chi connectivity index (χ1) is 14.3. The highest BCUT2D eigenvalue weighted by molar-refractivity contribution is 5.86. The van der Waals surface area contributed by atoms with Crippen LogP contribution in [0.3, 0.4) is 0 Å². The molecular weight excluding hydrogens is 364 g/mol. The van der Waals surface area contributed by atoms with Crippen LogP contribution in [0.1, 0.15) is 24.0 Å². The Morgan fingerprint density at radius 1 is 1.24 bits per heavy atom. The first kappa shape index (κ1) is 18.3. The fourth-order valence-corrected chi connectivity index (χ4v) is 4.13. The highest BCUT2D eigenvalue weighted by Crippen LogP contribution is 2.32. The Hall–Kier alpha value is -2.70. The van der Waals surface area contributed by atoms with Gasteiger partial charge in [-0.3, -0.25) is 9.78 Å². The number of amides is 1. The molecule has 1 amide bonds. The van der Waals surface area contributed by atoms with E-state index in [1.54, 1.807) is 6.20 Å². The summed E-state index contributed by atoms with van der Waals surface area (Å²) in [6.45, 7) is 3.41. The maximum atomic E-state index is 13.2. The standard InChI is InChI=1S/C23H26N4O2/c28-23(22-13-25-10-11-29-22)27(19-7-8-19)16-18-15-26(14-17-4-3-9-24-12-17)21-6-2-1-5-20(18)21/h1-6,9,12,15,19,22,25H,7-8,10-11,13-14,16H2. The fraction of sp³-hybridized carbons (Fsp3) is 0.391. The molecule has 1 N–H and O–H groups in total. The van der Waals surface area contributed by atoms with Gasteiger partial charge in [0.1, 0.15) is 6.10 Å². The van der Waals surface area contributed by atoms with Crippen LogP contribution in [0.2, 0.25) is 0 Å². The summed E-state index contributed by atoms with van der Waals surface area (Å²) in [6, 6.07) is 12.8. The van der Waals surface area contributed by atoms with E-state index in [0.29, 0.717) is 25.7 Å². The van der Waals surface area contributed by atoms with Gasteiger partial charge in [0.15, 0.2) is 0 Å². The van der Waals surface area contributed by atoms with Gasteiger partial charge in [0.05, 0.1) is 6.61 Å². The second-order valence-electron chi connectivity index (χ2n) is 7.92. The van der Waals surface area contributed by atoms with Crippen molar-refractivity contribution < 1.29 is 9.53 Å². The molecule has 0 spiro atoms. The predicted molar refractivity (Wildman–Crippen MR) is 111 cm³/mol. The Balaban J connectivity index is 1.43. The van der Waals surface area contributed by atoms with Gasteiger partial charge in [0.2, 0.25) is 0 Å². The number of carbonyl (C=O) groups is 1. The summed E-state index contributed by atoms with van der Waals surface area (Å²) in [5.41, 5.74) is 3.54. The minimum absolute atomic E-state index is 0.115. The van der Waals surface area contributed by atoms with Crippen molar-refractivity contribution in [3.05, 3.63) is 66.1 Å². The zero-order valence-corrected chi connectivity index (χ0v) is 16.5. The molecule has 0 radical (unpaired) electrons. The summed E-state index contributed by atoms with van der Waals surface area (Å²) in [4.78, 5) is 19.4. The van der Waals surface area contributed by atoms with Crippen LogP contribution >= 0.6 is 0 Å². The van der Waals surface area contributed by atoms with Crippen molar-refractivity contribution in [2.24, 2.45) is 0 Å². The molecule has 3 aromatic rings. The molecule has 5 rings (SSSR count). The van der Waals surface area contributed by atoms with Crippen molar-refractivity contribution >= 4 is 16.8 Å². The number of hydrogen-bond acceptors (Lipinski definition) is 4. The Bertz CT molecular complexity index is 991. The van der Waals surface area contributed by atoms with Crippen molar-refractivity contribution in [1.82, 2.24) is 19.8 Å². The smallest absolute Gasteiger partial charge is 0.253 e. The minimum atomic E-state index is -0.368. The maximum absolute atomic E-state index is 13.2. The predicted octanol–water partition coefficient (Wildman–Crippen LogP) is 2.56. The van der Waals surface area contributed by atoms with E-state index in [4.69, 9.17) is 4.74 Å². The average Bonchev–Trinajstić information content (AvgIpc) is 3.57. The highest BCUT2D eigenvalue weighted by atomic mass is 16.5. The largest absolute Gasteiger partial charge is 0.366 e. The molecule has 2 fully saturated rings. The SMILES string of the molecule is O=C(C1CNCCO1)N(Cc1cn(Cc2cccnc2)c2ccccc12)C1CC1. The second-order valence-corrected chi connectivity index (χ2v) is 7.92. The van der Waals surface area contributed by atoms with Crippen LogP contribution in [-0.2, 0) is 22.6 Å². The van der Waals surface area contributed by atoms with Crippen molar-refractivity contribution in [2.75, 3.05) is 19.7 Å². The molecule has 150 valence electrons. The fourth-order valence-electron chi connectivity index (χ4n) is 4.13. The summed E-state index contributed by atoms with van der Waals surface area (Å²) in [6.07, 6.45) is 7.69. The zero-order chi connectivity index (χ0) is 19.6. The number of nitrogens with one attached hydrogen (secondary N) is 1. The lowest BCUT2D eigenvalue weighted by Crippen LogP contribution is -2.49. The minimum Gasteiger partial charge on any atom is -0.366 e. The summed E-state index contributed by atoms with van der Waals surface area (Å²) in [7, 11) is 0. The number of pyridine rings is 1. The molecule has 29 heavy (non-hydrogen) atoms. The van der Waals surface area contributed by atoms with Gasteiger partial charge in [-0.15, -0.1) is 0 Å². The zero-order valence-electron chi connectivity index (χ0n) is 16.5. The van der Waals surface area contributed by atoms with Crippen molar-refractivity contribution in [2.45, 2.75) is 38.1 Å². The van der Waals surface area contributed by atoms with Gasteiger partial charge >= 0.3 is 0 Å². The topological polar surface area (TPSA) is 59.4 Å². The lowest BCUT2D eigenvalue weighted by Gasteiger charge is -2.30. The van der Waals surface area contributed by atoms with E-state index in [9.17, 15) is 4.79 Å². The number of fused-ring (bicyclic) bond motifs is 1. The van der Waals surface area contributed by atoms with Gasteiger partial charge in [-0.2, -0.15) is 0 Å². The van der Waals surface area contributed by atoms with E-state index in [0.717, 1.165) is 31.5 Å². The Morgan fingerprint density at radius 3 is 2.90 bits per heavy atom. The Kier molecular flexibility index (Phi) is 5.04. The first-order valence-corrected chi connectivity index (χ1v) is 10.4. The highest BCUT2D eigenvalue weighted by Gasteiger charge is 2.37. The van der Waals surface area contributed by atoms with Gasteiger partial charge in [0, 0.05) is 61.7 Å². The first-order valence-electron chi connectivity index (χ1n) is 10.4. The van der Waals surface area contributed by atoms with Gasteiger partial charge in [-0.05, 0) is 36.1 Å². The van der Waals surface area contributed by atoms with Gasteiger partial charge < -0.3 is 19.5 Å². The molecule has 0 bridgehead atoms. The van der Waals surface area contributed by atoms with E-state index in [1.807, 2.05) is 17.2 Å². The molecule has 1 unspecified atom stereocenters. The van der Waals surface area contributed by atoms with Gasteiger partial charge in [-0.1, -0.05) is 24.3 Å². The second kappa shape index (κ2) is 7.97. The number of aromatic nitrogens is 2. The Morgan fingerprint density at radius 2 is 2.14 bits per heavy atom. The average molecular weight is 390 g/mol. The number of para-hydroxylation sites is 1. The number of ether oxygens (including phenoxy) is 1. The molecule has 1 aromatic carbocycles. The number of benzene rings is 1. The summed E-state index contributed by atoms with van der Waals surface area (Å²) in [5.74, 6) is 0.115. The van der Waals surface area contributed by atoms with Crippen molar-refractivity contribution in [3.63, 3.8) is 0 Å². The number of nitrogens with zero attached hydrogens (tertiary/aromatic N) is 3. The van der Waals surface area contributed by atoms with Crippen LogP contribution < -0.4 is 5.32 Å². The maximum Gasteiger partial charge on any atom is 0.253 e. The lowest BCUT2D eigenvalue weighted by molar-refractivity contribution is -0.146. The van der Waals surface area contributed by atoms with Crippen LogP contribution in [0.15, 0.2) is 55.0 Å². The summed E-state index contributed by atoms with van der Waals surface area (Å²) >= 11 is 0. The molecule has 1 aliphatic carbocycles. The molecular formula is C23H26N4O2. The lowest BCUT2D eigenvalue weighted by atomic mass is 10.1. The van der Waals surface area contributed by atoms with Crippen LogP contribution in [-0.4, -0.2) is 52.2 Å². The van der Waals surface area contributed by atoms with E-state index >= 15 is 0 Å². The van der Waals surface area contributed by atoms with Crippen LogP contribution in [0.5, 0.6) is 0 Å². The number of morpholine rings is 1. The quantitative estimate of drug-likeness (QED) is 0.703. The van der Waals surface area contributed by atoms with E-state index < -0.39 is 0 Å². The van der Waals surface area contributed by atoms with Crippen LogP contribution in [0.4, 0.5) is 0 Å². The number of rotatable bonds is 6. The normalized spacial score (nSPS) is 19.4. The van der Waals surface area contributed by atoms with E-state index in [2.05, 4.69) is 51.4 Å².